The minimum Gasteiger partial charge on any atom is -0.488 e. The van der Waals surface area contributed by atoms with E-state index >= 15 is 0 Å². The molecule has 0 bridgehead atoms. The van der Waals surface area contributed by atoms with Crippen molar-refractivity contribution < 1.29 is 18.4 Å². The van der Waals surface area contributed by atoms with Gasteiger partial charge in [0.15, 0.2) is 5.82 Å². The van der Waals surface area contributed by atoms with Crippen LogP contribution in [0.25, 0.3) is 16.8 Å². The number of allylic oxidation sites excluding steroid dienone is 1. The van der Waals surface area contributed by atoms with E-state index in [0.29, 0.717) is 46.3 Å². The lowest BCUT2D eigenvalue weighted by Gasteiger charge is -2.14. The van der Waals surface area contributed by atoms with Gasteiger partial charge in [0.1, 0.15) is 23.8 Å². The highest BCUT2D eigenvalue weighted by molar-refractivity contribution is 5.99. The minimum absolute atomic E-state index is 0.232. The van der Waals surface area contributed by atoms with Crippen LogP contribution in [0.15, 0.2) is 64.0 Å². The summed E-state index contributed by atoms with van der Waals surface area (Å²) in [5.41, 5.74) is 13.7. The molecule has 5 aromatic rings. The van der Waals surface area contributed by atoms with Gasteiger partial charge in [0.2, 0.25) is 5.91 Å². The number of pyridine rings is 1. The molecule has 10 heteroatoms. The SMILES string of the molecule is CC(=C1c2ccc(Cc3c(C4CC4)nc4cc(C(N)=O)ccn34)cc2COc2cc(F)ccc21)c1noc(=O)[nH]1. The first kappa shape index (κ1) is 24.1. The van der Waals surface area contributed by atoms with Gasteiger partial charge < -0.3 is 14.9 Å². The van der Waals surface area contributed by atoms with Crippen molar-refractivity contribution in [1.82, 2.24) is 19.5 Å². The van der Waals surface area contributed by atoms with Gasteiger partial charge >= 0.3 is 5.76 Å². The third-order valence-electron chi connectivity index (χ3n) is 7.58. The van der Waals surface area contributed by atoms with Crippen molar-refractivity contribution in [3.63, 3.8) is 0 Å². The van der Waals surface area contributed by atoms with E-state index in [1.807, 2.05) is 23.6 Å². The summed E-state index contributed by atoms with van der Waals surface area (Å²) in [6.07, 6.45) is 4.64. The van der Waals surface area contributed by atoms with Crippen molar-refractivity contribution in [1.29, 1.82) is 0 Å². The molecule has 0 unspecified atom stereocenters. The zero-order valence-electron chi connectivity index (χ0n) is 21.5. The Balaban J connectivity index is 1.34. The highest BCUT2D eigenvalue weighted by atomic mass is 19.1. The average molecular weight is 538 g/mol. The molecule has 0 radical (unpaired) electrons. The van der Waals surface area contributed by atoms with Gasteiger partial charge in [0.05, 0.1) is 11.4 Å². The number of nitrogens with zero attached hydrogens (tertiary/aromatic N) is 3. The molecule has 2 aromatic carbocycles. The van der Waals surface area contributed by atoms with Crippen LogP contribution in [0.4, 0.5) is 4.39 Å². The Morgan fingerprint density at radius 2 is 1.98 bits per heavy atom. The van der Waals surface area contributed by atoms with Gasteiger partial charge in [0.25, 0.3) is 0 Å². The molecule has 40 heavy (non-hydrogen) atoms. The largest absolute Gasteiger partial charge is 0.488 e. The number of halogens is 1. The van der Waals surface area contributed by atoms with Gasteiger partial charge in [-0.15, -0.1) is 0 Å². The number of ether oxygens (including phenoxy) is 1. The summed E-state index contributed by atoms with van der Waals surface area (Å²) < 4.78 is 27.1. The second kappa shape index (κ2) is 9.04. The number of hydrogen-bond acceptors (Lipinski definition) is 6. The third kappa shape index (κ3) is 4.08. The molecule has 0 spiro atoms. The molecule has 3 N–H and O–H groups in total. The number of H-pyrrole nitrogens is 1. The number of amides is 1. The molecule has 4 heterocycles. The summed E-state index contributed by atoms with van der Waals surface area (Å²) in [5.74, 6) is -0.444. The summed E-state index contributed by atoms with van der Waals surface area (Å²) in [7, 11) is 0. The van der Waals surface area contributed by atoms with Crippen LogP contribution >= 0.6 is 0 Å². The monoisotopic (exact) mass is 537 g/mol. The van der Waals surface area contributed by atoms with E-state index in [1.54, 1.807) is 18.2 Å². The fraction of sp³-hybridized carbons (Fsp3) is 0.200. The lowest BCUT2D eigenvalue weighted by molar-refractivity contribution is 0.1000. The minimum atomic E-state index is -0.655. The van der Waals surface area contributed by atoms with Gasteiger partial charge in [-0.25, -0.2) is 14.2 Å². The van der Waals surface area contributed by atoms with Gasteiger partial charge in [-0.1, -0.05) is 23.4 Å². The number of aromatic nitrogens is 4. The Bertz CT molecular complexity index is 1930. The van der Waals surface area contributed by atoms with Crippen molar-refractivity contribution in [2.75, 3.05) is 0 Å². The molecular weight excluding hydrogens is 513 g/mol. The van der Waals surface area contributed by atoms with Crippen LogP contribution in [0.2, 0.25) is 0 Å². The average Bonchev–Trinajstić information content (AvgIpc) is 3.63. The maximum Gasteiger partial charge on any atom is 0.439 e. The summed E-state index contributed by atoms with van der Waals surface area (Å²) >= 11 is 0. The Hall–Kier alpha value is -4.99. The van der Waals surface area contributed by atoms with Crippen molar-refractivity contribution in [2.45, 2.75) is 38.7 Å². The fourth-order valence-corrected chi connectivity index (χ4v) is 5.48. The Kier molecular flexibility index (Phi) is 5.44. The van der Waals surface area contributed by atoms with E-state index in [2.05, 4.69) is 22.3 Å². The molecule has 1 aliphatic carbocycles. The van der Waals surface area contributed by atoms with Crippen molar-refractivity contribution in [2.24, 2.45) is 5.73 Å². The maximum absolute atomic E-state index is 14.2. The molecule has 200 valence electrons. The van der Waals surface area contributed by atoms with Crippen LogP contribution in [-0.2, 0) is 13.0 Å². The van der Waals surface area contributed by atoms with Crippen LogP contribution in [0.3, 0.4) is 0 Å². The normalized spacial score (nSPS) is 15.8. The quantitative estimate of drug-likeness (QED) is 0.338. The predicted molar refractivity (Wildman–Crippen MR) is 144 cm³/mol. The summed E-state index contributed by atoms with van der Waals surface area (Å²) in [4.78, 5) is 30.9. The standard InChI is InChI=1S/C30H24FN5O4/c1-15(29-34-30(38)40-35-29)26-21-6-2-16(10-19(21)14-39-24-13-20(31)5-7-22(24)26)11-23-27(17-3-4-17)33-25-12-18(28(32)37)8-9-36(23)25/h2,5-10,12-13,17H,3-4,11,14H2,1H3,(H2,32,37)(H,34,35,38). The number of hydrogen-bond donors (Lipinski definition) is 2. The lowest BCUT2D eigenvalue weighted by atomic mass is 9.89. The number of nitrogens with one attached hydrogen (secondary N) is 1. The van der Waals surface area contributed by atoms with Crippen molar-refractivity contribution >= 4 is 22.7 Å². The number of nitrogens with two attached hydrogens (primary N) is 1. The molecule has 1 fully saturated rings. The van der Waals surface area contributed by atoms with E-state index in [0.717, 1.165) is 46.5 Å². The zero-order chi connectivity index (χ0) is 27.5. The first-order valence-corrected chi connectivity index (χ1v) is 13.0. The molecule has 0 atom stereocenters. The molecule has 1 aliphatic heterocycles. The lowest BCUT2D eigenvalue weighted by Crippen LogP contribution is -2.11. The molecule has 9 nitrogen and oxygen atoms in total. The molecule has 2 aliphatic rings. The van der Waals surface area contributed by atoms with E-state index in [9.17, 15) is 14.0 Å². The number of aromatic amines is 1. The second-order valence-electron chi connectivity index (χ2n) is 10.3. The zero-order valence-corrected chi connectivity index (χ0v) is 21.5. The molecule has 7 rings (SSSR count). The molecule has 3 aromatic heterocycles. The van der Waals surface area contributed by atoms with Crippen LogP contribution < -0.4 is 16.2 Å². The van der Waals surface area contributed by atoms with Crippen LogP contribution in [0.1, 0.15) is 75.5 Å². The highest BCUT2D eigenvalue weighted by Crippen LogP contribution is 2.43. The first-order chi connectivity index (χ1) is 19.4. The molecule has 1 amide bonds. The summed E-state index contributed by atoms with van der Waals surface area (Å²) in [6, 6.07) is 14.0. The maximum atomic E-state index is 14.2. The number of primary amides is 1. The second-order valence-corrected chi connectivity index (χ2v) is 10.3. The topological polar surface area (TPSA) is 129 Å². The van der Waals surface area contributed by atoms with Gasteiger partial charge in [-0.2, -0.15) is 0 Å². The number of imidazole rings is 1. The van der Waals surface area contributed by atoms with E-state index in [-0.39, 0.29) is 6.61 Å². The van der Waals surface area contributed by atoms with Crippen molar-refractivity contribution in [3.8, 4) is 5.75 Å². The summed E-state index contributed by atoms with van der Waals surface area (Å²) in [5, 5.41) is 3.88. The van der Waals surface area contributed by atoms with E-state index < -0.39 is 17.5 Å². The number of benzene rings is 2. The van der Waals surface area contributed by atoms with Crippen LogP contribution in [-0.4, -0.2) is 25.4 Å². The van der Waals surface area contributed by atoms with Crippen LogP contribution in [0.5, 0.6) is 5.75 Å². The molecule has 1 saturated carbocycles. The van der Waals surface area contributed by atoms with E-state index in [1.165, 1.54) is 12.1 Å². The first-order valence-electron chi connectivity index (χ1n) is 13.0. The van der Waals surface area contributed by atoms with Gasteiger partial charge in [0, 0.05) is 41.3 Å². The molecule has 0 saturated heterocycles. The highest BCUT2D eigenvalue weighted by Gasteiger charge is 2.30. The van der Waals surface area contributed by atoms with Crippen LogP contribution in [0, 0.1) is 5.82 Å². The van der Waals surface area contributed by atoms with Crippen molar-refractivity contribution in [3.05, 3.63) is 116 Å². The van der Waals surface area contributed by atoms with Gasteiger partial charge in [-0.3, -0.25) is 14.3 Å². The van der Waals surface area contributed by atoms with Gasteiger partial charge in [-0.05, 0) is 66.3 Å². The molecular formula is C30H24FN5O4. The number of fused-ring (bicyclic) bond motifs is 3. The summed E-state index contributed by atoms with van der Waals surface area (Å²) in [6.45, 7) is 2.07. The predicted octanol–water partition coefficient (Wildman–Crippen LogP) is 4.59. The number of rotatable bonds is 5. The van der Waals surface area contributed by atoms with E-state index in [4.69, 9.17) is 20.0 Å². The Morgan fingerprint density at radius 1 is 1.15 bits per heavy atom. The fourth-order valence-electron chi connectivity index (χ4n) is 5.48. The number of carbonyl (C=O) groups is 1. The smallest absolute Gasteiger partial charge is 0.439 e. The third-order valence-corrected chi connectivity index (χ3v) is 7.58. The Morgan fingerprint density at radius 3 is 2.73 bits per heavy atom. The number of carbonyl (C=O) groups excluding carboxylic acids is 1. The Labute approximate surface area is 227 Å².